The Labute approximate surface area is 139 Å². The molecule has 3 aromatic rings. The number of para-hydroxylation sites is 1. The molecule has 7 nitrogen and oxygen atoms in total. The molecule has 1 aromatic carbocycles. The number of rotatable bonds is 5. The number of nitrogens with one attached hydrogen (secondary N) is 1. The van der Waals surface area contributed by atoms with Gasteiger partial charge in [0.1, 0.15) is 11.4 Å². The summed E-state index contributed by atoms with van der Waals surface area (Å²) in [4.78, 5) is 0. The smallest absolute Gasteiger partial charge is 0.217 e. The van der Waals surface area contributed by atoms with Crippen molar-refractivity contribution in [3.05, 3.63) is 47.4 Å². The Morgan fingerprint density at radius 3 is 3.04 bits per heavy atom. The molecule has 8 heteroatoms. The summed E-state index contributed by atoms with van der Waals surface area (Å²) in [5.41, 5.74) is 3.10. The van der Waals surface area contributed by atoms with Gasteiger partial charge in [0.25, 0.3) is 0 Å². The van der Waals surface area contributed by atoms with Crippen molar-refractivity contribution in [2.45, 2.75) is 38.1 Å². The van der Waals surface area contributed by atoms with E-state index in [-0.39, 0.29) is 12.3 Å². The second kappa shape index (κ2) is 6.03. The van der Waals surface area contributed by atoms with E-state index in [0.717, 1.165) is 42.5 Å². The highest BCUT2D eigenvalue weighted by Gasteiger charge is 2.19. The lowest BCUT2D eigenvalue weighted by Crippen LogP contribution is -2.25. The van der Waals surface area contributed by atoms with Crippen LogP contribution in [0.15, 0.2) is 35.0 Å². The SMILES string of the molecule is O=S(=O)(Cc1noc2ccccc12)NCc1cnn2c1CCCC2. The highest BCUT2D eigenvalue weighted by Crippen LogP contribution is 2.20. The molecule has 2 aromatic heterocycles. The van der Waals surface area contributed by atoms with Gasteiger partial charge in [-0.1, -0.05) is 17.3 Å². The largest absolute Gasteiger partial charge is 0.356 e. The van der Waals surface area contributed by atoms with E-state index in [2.05, 4.69) is 15.0 Å². The number of hydrogen-bond acceptors (Lipinski definition) is 5. The van der Waals surface area contributed by atoms with Crippen LogP contribution in [0.1, 0.15) is 29.8 Å². The molecule has 1 N–H and O–H groups in total. The minimum absolute atomic E-state index is 0.201. The van der Waals surface area contributed by atoms with E-state index in [1.807, 2.05) is 22.9 Å². The van der Waals surface area contributed by atoms with Gasteiger partial charge in [-0.05, 0) is 31.4 Å². The first-order valence-corrected chi connectivity index (χ1v) is 9.62. The van der Waals surface area contributed by atoms with Crippen molar-refractivity contribution in [3.8, 4) is 0 Å². The lowest BCUT2D eigenvalue weighted by atomic mass is 10.1. The zero-order valence-corrected chi connectivity index (χ0v) is 13.9. The quantitative estimate of drug-likeness (QED) is 0.763. The predicted octanol–water partition coefficient (Wildman–Crippen LogP) is 1.98. The Balaban J connectivity index is 1.49. The molecule has 0 radical (unpaired) electrons. The van der Waals surface area contributed by atoms with Gasteiger partial charge >= 0.3 is 0 Å². The minimum atomic E-state index is -3.51. The summed E-state index contributed by atoms with van der Waals surface area (Å²) in [6, 6.07) is 7.24. The summed E-state index contributed by atoms with van der Waals surface area (Å²) in [7, 11) is -3.51. The van der Waals surface area contributed by atoms with Crippen LogP contribution in [0.2, 0.25) is 0 Å². The van der Waals surface area contributed by atoms with E-state index in [9.17, 15) is 8.42 Å². The number of fused-ring (bicyclic) bond motifs is 2. The van der Waals surface area contributed by atoms with Gasteiger partial charge < -0.3 is 4.52 Å². The van der Waals surface area contributed by atoms with Crippen LogP contribution in [0.25, 0.3) is 11.0 Å². The third-order valence-corrected chi connectivity index (χ3v) is 5.57. The van der Waals surface area contributed by atoms with Gasteiger partial charge in [0.2, 0.25) is 10.0 Å². The number of aryl methyl sites for hydroxylation is 1. The summed E-state index contributed by atoms with van der Waals surface area (Å²) in [6.07, 6.45) is 4.95. The maximum atomic E-state index is 12.4. The number of benzene rings is 1. The first-order chi connectivity index (χ1) is 11.6. The van der Waals surface area contributed by atoms with Crippen molar-refractivity contribution in [2.75, 3.05) is 0 Å². The number of aromatic nitrogens is 3. The summed E-state index contributed by atoms with van der Waals surface area (Å²) >= 11 is 0. The summed E-state index contributed by atoms with van der Waals surface area (Å²) in [5.74, 6) is -0.201. The molecule has 1 aliphatic heterocycles. The van der Waals surface area contributed by atoms with Gasteiger partial charge in [0.05, 0.1) is 6.20 Å². The van der Waals surface area contributed by atoms with Crippen LogP contribution in [0, 0.1) is 0 Å². The Morgan fingerprint density at radius 2 is 2.12 bits per heavy atom. The summed E-state index contributed by atoms with van der Waals surface area (Å²) in [5, 5.41) is 8.94. The molecule has 0 spiro atoms. The molecule has 24 heavy (non-hydrogen) atoms. The molecule has 0 amide bonds. The third kappa shape index (κ3) is 2.94. The molecule has 0 saturated heterocycles. The Hall–Kier alpha value is -2.19. The normalized spacial score (nSPS) is 14.8. The van der Waals surface area contributed by atoms with E-state index in [1.165, 1.54) is 0 Å². The van der Waals surface area contributed by atoms with Crippen LogP contribution in [-0.2, 0) is 35.3 Å². The maximum Gasteiger partial charge on any atom is 0.217 e. The van der Waals surface area contributed by atoms with Gasteiger partial charge in [-0.3, -0.25) is 4.68 Å². The van der Waals surface area contributed by atoms with Crippen molar-refractivity contribution in [3.63, 3.8) is 0 Å². The molecule has 0 fully saturated rings. The first kappa shape index (κ1) is 15.3. The standard InChI is InChI=1S/C16H18N4O3S/c21-24(22,11-14-13-5-1-2-7-16(13)23-19-14)18-10-12-9-17-20-8-4-3-6-15(12)20/h1-2,5,7,9,18H,3-4,6,8,10-11H2. The molecule has 0 unspecified atom stereocenters. The highest BCUT2D eigenvalue weighted by molar-refractivity contribution is 7.88. The van der Waals surface area contributed by atoms with Crippen molar-refractivity contribution in [1.29, 1.82) is 0 Å². The molecule has 3 heterocycles. The van der Waals surface area contributed by atoms with Gasteiger partial charge in [-0.2, -0.15) is 5.10 Å². The van der Waals surface area contributed by atoms with E-state index >= 15 is 0 Å². The molecule has 4 rings (SSSR count). The summed E-state index contributed by atoms with van der Waals surface area (Å²) in [6.45, 7) is 1.17. The number of sulfonamides is 1. The Bertz CT molecular complexity index is 974. The fourth-order valence-corrected chi connectivity index (χ4v) is 4.14. The van der Waals surface area contributed by atoms with Crippen LogP contribution in [0.4, 0.5) is 0 Å². The molecule has 0 saturated carbocycles. The van der Waals surface area contributed by atoms with Crippen molar-refractivity contribution in [1.82, 2.24) is 19.7 Å². The number of hydrogen-bond donors (Lipinski definition) is 1. The Morgan fingerprint density at radius 1 is 1.25 bits per heavy atom. The van der Waals surface area contributed by atoms with E-state index in [1.54, 1.807) is 12.3 Å². The van der Waals surface area contributed by atoms with Crippen LogP contribution in [0.5, 0.6) is 0 Å². The van der Waals surface area contributed by atoms with E-state index < -0.39 is 10.0 Å². The lowest BCUT2D eigenvalue weighted by Gasteiger charge is -2.14. The second-order valence-corrected chi connectivity index (χ2v) is 7.81. The van der Waals surface area contributed by atoms with Crippen molar-refractivity contribution < 1.29 is 12.9 Å². The van der Waals surface area contributed by atoms with Crippen LogP contribution >= 0.6 is 0 Å². The maximum absolute atomic E-state index is 12.4. The molecule has 0 aliphatic carbocycles. The third-order valence-electron chi connectivity index (χ3n) is 4.33. The van der Waals surface area contributed by atoms with Crippen LogP contribution in [0.3, 0.4) is 0 Å². The lowest BCUT2D eigenvalue weighted by molar-refractivity contribution is 0.448. The molecule has 126 valence electrons. The number of nitrogens with zero attached hydrogens (tertiary/aromatic N) is 3. The molecule has 0 bridgehead atoms. The van der Waals surface area contributed by atoms with Gasteiger partial charge in [-0.15, -0.1) is 0 Å². The minimum Gasteiger partial charge on any atom is -0.356 e. The zero-order valence-electron chi connectivity index (χ0n) is 13.1. The molecular weight excluding hydrogens is 328 g/mol. The molecular formula is C16H18N4O3S. The topological polar surface area (TPSA) is 90.0 Å². The van der Waals surface area contributed by atoms with Crippen molar-refractivity contribution >= 4 is 21.0 Å². The van der Waals surface area contributed by atoms with E-state index in [0.29, 0.717) is 11.3 Å². The fraction of sp³-hybridized carbons (Fsp3) is 0.375. The van der Waals surface area contributed by atoms with Gasteiger partial charge in [0.15, 0.2) is 5.58 Å². The van der Waals surface area contributed by atoms with Gasteiger partial charge in [-0.25, -0.2) is 13.1 Å². The first-order valence-electron chi connectivity index (χ1n) is 7.96. The van der Waals surface area contributed by atoms with Gasteiger partial charge in [0, 0.05) is 29.7 Å². The monoisotopic (exact) mass is 346 g/mol. The fourth-order valence-electron chi connectivity index (χ4n) is 3.09. The summed E-state index contributed by atoms with van der Waals surface area (Å²) < 4.78 is 34.6. The Kier molecular flexibility index (Phi) is 3.85. The van der Waals surface area contributed by atoms with Crippen LogP contribution < -0.4 is 4.72 Å². The van der Waals surface area contributed by atoms with E-state index in [4.69, 9.17) is 4.52 Å². The zero-order chi connectivity index (χ0) is 16.6. The highest BCUT2D eigenvalue weighted by atomic mass is 32.2. The molecule has 0 atom stereocenters. The van der Waals surface area contributed by atoms with Crippen LogP contribution in [-0.4, -0.2) is 23.4 Å². The van der Waals surface area contributed by atoms with Crippen molar-refractivity contribution in [2.24, 2.45) is 0 Å². The average molecular weight is 346 g/mol. The average Bonchev–Trinajstić information content (AvgIpc) is 3.17. The predicted molar refractivity (Wildman–Crippen MR) is 88.6 cm³/mol. The second-order valence-electron chi connectivity index (χ2n) is 6.00. The molecule has 1 aliphatic rings.